The predicted octanol–water partition coefficient (Wildman–Crippen LogP) is 6.67. The van der Waals surface area contributed by atoms with E-state index >= 15 is 0 Å². The molecule has 2 aromatic carbocycles. The van der Waals surface area contributed by atoms with Gasteiger partial charge in [0.1, 0.15) is 0 Å². The normalized spacial score (nSPS) is 8.29. The Morgan fingerprint density at radius 2 is 0.857 bits per heavy atom. The van der Waals surface area contributed by atoms with Crippen LogP contribution in [0.5, 0.6) is 0 Å². The molecule has 3 heteroatoms. The summed E-state index contributed by atoms with van der Waals surface area (Å²) in [4.78, 5) is 0. The van der Waals surface area contributed by atoms with Gasteiger partial charge in [-0.05, 0) is 0 Å². The van der Waals surface area contributed by atoms with E-state index in [9.17, 15) is 0 Å². The van der Waals surface area contributed by atoms with Crippen LogP contribution in [-0.2, 0) is 21.8 Å². The van der Waals surface area contributed by atoms with Crippen LogP contribution in [0.1, 0.15) is 38.8 Å². The van der Waals surface area contributed by atoms with Crippen LogP contribution in [0, 0.1) is 11.8 Å². The summed E-state index contributed by atoms with van der Waals surface area (Å²) in [5, 5.41) is 0. The zero-order valence-electron chi connectivity index (χ0n) is 13.2. The first-order chi connectivity index (χ1) is 10.0. The summed E-state index contributed by atoms with van der Waals surface area (Å²) in [5.41, 5.74) is 2.66. The Morgan fingerprint density at radius 3 is 1.00 bits per heavy atom. The molecule has 0 aliphatic rings. The monoisotopic (exact) mass is 422 g/mol. The molecule has 0 aromatic heterocycles. The van der Waals surface area contributed by atoms with E-state index in [1.54, 1.807) is 0 Å². The van der Waals surface area contributed by atoms with Gasteiger partial charge in [0, 0.05) is 0 Å². The van der Waals surface area contributed by atoms with Gasteiger partial charge in [0.05, 0.1) is 0 Å². The Labute approximate surface area is 149 Å². The summed E-state index contributed by atoms with van der Waals surface area (Å²) in [6, 6.07) is 20.8. The molecule has 0 heterocycles. The summed E-state index contributed by atoms with van der Waals surface area (Å²) in [5.74, 6) is 2.74. The molecular weight excluding hydrogens is 400 g/mol. The molecule has 0 unspecified atom stereocenters. The fourth-order valence-electron chi connectivity index (χ4n) is 1.54. The first-order valence-electron chi connectivity index (χ1n) is 6.86. The molecule has 0 aliphatic heterocycles. The van der Waals surface area contributed by atoms with Crippen LogP contribution >= 0.6 is 16.6 Å². The summed E-state index contributed by atoms with van der Waals surface area (Å²) < 4.78 is 0. The molecular formula is C18H22CdCl2-2. The third kappa shape index (κ3) is 11.0. The molecule has 0 radical (unpaired) electrons. The minimum absolute atomic E-state index is 1.07. The average Bonchev–Trinajstić information content (AvgIpc) is 2.50. The molecule has 0 spiro atoms. The van der Waals surface area contributed by atoms with Crippen molar-refractivity contribution in [2.24, 2.45) is 0 Å². The maximum absolute atomic E-state index is 4.97. The zero-order chi connectivity index (χ0) is 16.1. The molecule has 0 atom stereocenters. The van der Waals surface area contributed by atoms with Crippen molar-refractivity contribution in [1.29, 1.82) is 0 Å². The number of hydrogen-bond acceptors (Lipinski definition) is 0. The van der Waals surface area contributed by atoms with Crippen LogP contribution in [-0.4, -0.2) is 0 Å². The Bertz CT molecular complexity index is 398. The van der Waals surface area contributed by atoms with Crippen molar-refractivity contribution in [1.82, 2.24) is 0 Å². The van der Waals surface area contributed by atoms with E-state index in [1.807, 2.05) is 12.1 Å². The third-order valence-electron chi connectivity index (χ3n) is 2.70. The fourth-order valence-corrected chi connectivity index (χ4v) is 1.54. The number of rotatable bonds is 2. The average molecular weight is 422 g/mol. The Morgan fingerprint density at radius 1 is 0.619 bits per heavy atom. The summed E-state index contributed by atoms with van der Waals surface area (Å²) in [6.45, 7) is 8.48. The maximum atomic E-state index is 4.97. The molecule has 21 heavy (non-hydrogen) atoms. The third-order valence-corrected chi connectivity index (χ3v) is 2.70. The summed E-state index contributed by atoms with van der Waals surface area (Å²) >= 11 is -1.07. The van der Waals surface area contributed by atoms with Crippen molar-refractivity contribution < 1.29 is 21.8 Å². The van der Waals surface area contributed by atoms with E-state index in [1.165, 1.54) is 23.0 Å². The van der Waals surface area contributed by atoms with Crippen molar-refractivity contribution in [3.05, 3.63) is 83.6 Å². The van der Waals surface area contributed by atoms with Crippen LogP contribution in [0.15, 0.2) is 60.7 Å². The molecule has 2 aromatic rings. The van der Waals surface area contributed by atoms with E-state index in [0.717, 1.165) is 0 Å². The number of hydrogen-bond donors (Lipinski definition) is 0. The van der Waals surface area contributed by atoms with Gasteiger partial charge in [-0.15, -0.1) is 24.3 Å². The second kappa shape index (κ2) is 13.4. The molecule has 0 fully saturated rings. The number of halogens is 2. The fraction of sp³-hybridized carbons (Fsp3) is 0.222. The van der Waals surface area contributed by atoms with Crippen molar-refractivity contribution in [3.8, 4) is 0 Å². The first kappa shape index (κ1) is 20.7. The van der Waals surface area contributed by atoms with Gasteiger partial charge in [0.25, 0.3) is 0 Å². The summed E-state index contributed by atoms with van der Waals surface area (Å²) in [6.07, 6.45) is 0. The molecule has 0 saturated carbocycles. The zero-order valence-corrected chi connectivity index (χ0v) is 18.8. The second-order valence-electron chi connectivity index (χ2n) is 4.83. The van der Waals surface area contributed by atoms with Crippen molar-refractivity contribution >= 4 is 16.6 Å². The second-order valence-corrected chi connectivity index (χ2v) is 10.8. The van der Waals surface area contributed by atoms with E-state index in [0.29, 0.717) is 0 Å². The van der Waals surface area contributed by atoms with Gasteiger partial charge in [-0.3, -0.25) is 0 Å². The Balaban J connectivity index is 0.000000322. The van der Waals surface area contributed by atoms with Crippen LogP contribution in [0.3, 0.4) is 0 Å². The summed E-state index contributed by atoms with van der Waals surface area (Å²) in [7, 11) is 9.95. The van der Waals surface area contributed by atoms with Gasteiger partial charge in [-0.2, -0.15) is 47.2 Å². The predicted molar refractivity (Wildman–Crippen MR) is 92.0 cm³/mol. The standard InChI is InChI=1S/2C9H11.Cd.2ClH/c2*1-8(2)9-6-4-3-5-7-9;;;/h2*3-7H,1-2H3;;2*1H/q2*-1;+2;;/p-2. The molecule has 2 rings (SSSR count). The van der Waals surface area contributed by atoms with Gasteiger partial charge in [-0.25, -0.2) is 0 Å². The SMILES string of the molecule is C[C-](C)c1ccccc1.C[C-](C)c1ccccc1.[Cl][Cd][Cl]. The van der Waals surface area contributed by atoms with E-state index in [4.69, 9.17) is 16.6 Å². The minimum atomic E-state index is -1.07. The van der Waals surface area contributed by atoms with E-state index < -0.39 is 21.8 Å². The van der Waals surface area contributed by atoms with Crippen LogP contribution in [0.25, 0.3) is 0 Å². The molecule has 0 aliphatic carbocycles. The van der Waals surface area contributed by atoms with Gasteiger partial charge in [0.2, 0.25) is 0 Å². The Kier molecular flexibility index (Phi) is 13.2. The molecule has 0 N–H and O–H groups in total. The Hall–Kier alpha value is -0.318. The van der Waals surface area contributed by atoms with Crippen LogP contribution < -0.4 is 0 Å². The molecule has 0 nitrogen and oxygen atoms in total. The van der Waals surface area contributed by atoms with Crippen molar-refractivity contribution in [2.75, 3.05) is 0 Å². The topological polar surface area (TPSA) is 0 Å². The van der Waals surface area contributed by atoms with Gasteiger partial charge in [-0.1, -0.05) is 39.8 Å². The van der Waals surface area contributed by atoms with Gasteiger partial charge in [0.15, 0.2) is 0 Å². The van der Waals surface area contributed by atoms with Gasteiger partial charge >= 0.3 is 38.4 Å². The van der Waals surface area contributed by atoms with Gasteiger partial charge < -0.3 is 0 Å². The van der Waals surface area contributed by atoms with Crippen LogP contribution in [0.4, 0.5) is 0 Å². The molecule has 0 saturated heterocycles. The van der Waals surface area contributed by atoms with Crippen molar-refractivity contribution in [3.63, 3.8) is 0 Å². The van der Waals surface area contributed by atoms with E-state index in [-0.39, 0.29) is 0 Å². The van der Waals surface area contributed by atoms with E-state index in [2.05, 4.69) is 76.2 Å². The molecule has 112 valence electrons. The first-order valence-corrected chi connectivity index (χ1v) is 17.1. The number of benzene rings is 2. The van der Waals surface area contributed by atoms with Crippen LogP contribution in [0.2, 0.25) is 0 Å². The molecule has 0 amide bonds. The quantitative estimate of drug-likeness (QED) is 0.375. The molecule has 0 bridgehead atoms. The van der Waals surface area contributed by atoms with Crippen molar-refractivity contribution in [2.45, 2.75) is 27.7 Å².